The van der Waals surface area contributed by atoms with E-state index in [9.17, 15) is 27.9 Å². The van der Waals surface area contributed by atoms with Crippen LogP contribution in [0.15, 0.2) is 65.5 Å². The highest BCUT2D eigenvalue weighted by molar-refractivity contribution is 6.33. The predicted molar refractivity (Wildman–Crippen MR) is 157 cm³/mol. The van der Waals surface area contributed by atoms with Gasteiger partial charge in [-0.2, -0.15) is 0 Å². The Hall–Kier alpha value is -3.86. The van der Waals surface area contributed by atoms with Crippen molar-refractivity contribution in [1.29, 1.82) is 0 Å². The molecule has 0 saturated heterocycles. The Balaban J connectivity index is 1.45. The van der Waals surface area contributed by atoms with Gasteiger partial charge in [-0.25, -0.2) is 13.2 Å². The van der Waals surface area contributed by atoms with Crippen molar-refractivity contribution in [3.8, 4) is 22.6 Å². The zero-order valence-electron chi connectivity index (χ0n) is 23.3. The van der Waals surface area contributed by atoms with E-state index in [1.807, 2.05) is 0 Å². The van der Waals surface area contributed by atoms with Gasteiger partial charge in [-0.15, -0.1) is 0 Å². The van der Waals surface area contributed by atoms with Crippen molar-refractivity contribution in [1.82, 2.24) is 9.88 Å². The largest absolute Gasteiger partial charge is 0.491 e. The molecule has 4 aromatic rings. The Bertz CT molecular complexity index is 1690. The first kappa shape index (κ1) is 30.6. The molecule has 0 radical (unpaired) electrons. The summed E-state index contributed by atoms with van der Waals surface area (Å²) in [5.41, 5.74) is -0.393. The summed E-state index contributed by atoms with van der Waals surface area (Å²) < 4.78 is 55.9. The number of ether oxygens (including phenoxy) is 2. The number of aliphatic hydroxyl groups is 1. The van der Waals surface area contributed by atoms with Gasteiger partial charge in [0.25, 0.3) is 5.56 Å². The number of para-hydroxylation sites is 1. The molecule has 0 amide bonds. The number of aromatic nitrogens is 1. The van der Waals surface area contributed by atoms with E-state index in [1.165, 1.54) is 36.4 Å². The second-order valence-electron chi connectivity index (χ2n) is 10.5. The third-order valence-corrected chi connectivity index (χ3v) is 7.72. The Kier molecular flexibility index (Phi) is 9.39. The van der Waals surface area contributed by atoms with Crippen molar-refractivity contribution in [2.45, 2.75) is 50.9 Å². The van der Waals surface area contributed by atoms with Gasteiger partial charge in [-0.1, -0.05) is 17.7 Å². The van der Waals surface area contributed by atoms with Gasteiger partial charge in [0.2, 0.25) is 0 Å². The fraction of sp³-hybridized carbons (Fsp3) is 0.312. The maximum absolute atomic E-state index is 14.9. The van der Waals surface area contributed by atoms with Gasteiger partial charge in [0.05, 0.1) is 10.5 Å². The maximum atomic E-state index is 14.9. The normalized spacial score (nSPS) is 15.0. The van der Waals surface area contributed by atoms with Gasteiger partial charge >= 0.3 is 5.97 Å². The molecule has 7 nitrogen and oxygen atoms in total. The molecule has 1 aliphatic rings. The van der Waals surface area contributed by atoms with E-state index < -0.39 is 46.8 Å². The van der Waals surface area contributed by atoms with Crippen LogP contribution < -0.4 is 15.6 Å². The first-order valence-corrected chi connectivity index (χ1v) is 14.3. The summed E-state index contributed by atoms with van der Waals surface area (Å²) in [6.45, 7) is 1.43. The van der Waals surface area contributed by atoms with Gasteiger partial charge in [-0.05, 0) is 80.6 Å². The van der Waals surface area contributed by atoms with Crippen LogP contribution in [0, 0.1) is 17.5 Å². The molecule has 1 fully saturated rings. The summed E-state index contributed by atoms with van der Waals surface area (Å²) >= 11 is 6.38. The van der Waals surface area contributed by atoms with Crippen LogP contribution in [0.5, 0.6) is 5.75 Å². The van der Waals surface area contributed by atoms with Crippen LogP contribution in [0.3, 0.4) is 0 Å². The van der Waals surface area contributed by atoms with E-state index in [0.717, 1.165) is 48.4 Å². The van der Waals surface area contributed by atoms with Crippen LogP contribution in [0.25, 0.3) is 27.7 Å². The third-order valence-electron chi connectivity index (χ3n) is 7.41. The second-order valence-corrected chi connectivity index (χ2v) is 11.0. The molecule has 0 aliphatic heterocycles. The number of hydrogen-bond acceptors (Lipinski definition) is 6. The number of carbonyl (C=O) groups is 1. The van der Waals surface area contributed by atoms with Gasteiger partial charge in [0, 0.05) is 29.6 Å². The summed E-state index contributed by atoms with van der Waals surface area (Å²) in [4.78, 5) is 25.4. The Morgan fingerprint density at radius 2 is 1.77 bits per heavy atom. The molecule has 1 aliphatic carbocycles. The lowest BCUT2D eigenvalue weighted by molar-refractivity contribution is -0.150. The molecule has 11 heteroatoms. The summed E-state index contributed by atoms with van der Waals surface area (Å²) in [6, 6.07) is 12.0. The van der Waals surface area contributed by atoms with Crippen molar-refractivity contribution in [2.24, 2.45) is 0 Å². The monoisotopic (exact) mass is 614 g/mol. The lowest BCUT2D eigenvalue weighted by atomic mass is 9.99. The van der Waals surface area contributed by atoms with E-state index in [4.69, 9.17) is 21.1 Å². The topological polar surface area (TPSA) is 89.8 Å². The standard InChI is InChI=1S/C32H30ClF3N2O5/c1-18(32(41)43-21-5-2-3-6-21)37-16-20(39)17-42-22-14-25(23-10-9-19(34)13-26(23)33)24-11-12-30(40)38(29(24)15-22)31-27(35)7-4-8-28(31)36/h4,7-15,18,20-21,37,39H,2-3,5-6,16-17H2,1H3/t18-,20-/m0/s1. The molecule has 0 spiro atoms. The minimum Gasteiger partial charge on any atom is -0.491 e. The number of halogens is 4. The number of aliphatic hydroxyl groups excluding tert-OH is 1. The van der Waals surface area contributed by atoms with Crippen LogP contribution in [-0.2, 0) is 9.53 Å². The molecular formula is C32H30ClF3N2O5. The summed E-state index contributed by atoms with van der Waals surface area (Å²) in [5, 5.41) is 14.0. The van der Waals surface area contributed by atoms with E-state index >= 15 is 0 Å². The lowest BCUT2D eigenvalue weighted by Crippen LogP contribution is -2.42. The average Bonchev–Trinajstić information content (AvgIpc) is 3.48. The quantitative estimate of drug-likeness (QED) is 0.215. The van der Waals surface area contributed by atoms with E-state index in [-0.39, 0.29) is 35.5 Å². The molecular weight excluding hydrogens is 585 g/mol. The van der Waals surface area contributed by atoms with E-state index in [0.29, 0.717) is 16.5 Å². The average molecular weight is 615 g/mol. The van der Waals surface area contributed by atoms with Crippen molar-refractivity contribution in [3.05, 3.63) is 93.5 Å². The van der Waals surface area contributed by atoms with Crippen molar-refractivity contribution < 1.29 is 32.5 Å². The van der Waals surface area contributed by atoms with Gasteiger partial charge in [0.1, 0.15) is 53.7 Å². The van der Waals surface area contributed by atoms with Gasteiger partial charge < -0.3 is 19.9 Å². The predicted octanol–water partition coefficient (Wildman–Crippen LogP) is 5.93. The highest BCUT2D eigenvalue weighted by Crippen LogP contribution is 2.37. The SMILES string of the molecule is C[C@H](NC[C@H](O)COc1cc(-c2ccc(F)cc2Cl)c2ccc(=O)n(-c3c(F)cccc3F)c2c1)C(=O)OC1CCCC1. The molecule has 2 atom stereocenters. The molecule has 1 saturated carbocycles. The summed E-state index contributed by atoms with van der Waals surface area (Å²) in [7, 11) is 0. The van der Waals surface area contributed by atoms with Crippen LogP contribution in [0.1, 0.15) is 32.6 Å². The summed E-state index contributed by atoms with van der Waals surface area (Å²) in [5.74, 6) is -2.72. The van der Waals surface area contributed by atoms with Crippen molar-refractivity contribution in [2.75, 3.05) is 13.2 Å². The zero-order valence-corrected chi connectivity index (χ0v) is 24.0. The Labute approximate surface area is 250 Å². The number of fused-ring (bicyclic) bond motifs is 1. The number of nitrogens with one attached hydrogen (secondary N) is 1. The number of rotatable bonds is 10. The molecule has 0 bridgehead atoms. The molecule has 0 unspecified atom stereocenters. The highest BCUT2D eigenvalue weighted by Gasteiger charge is 2.24. The minimum atomic E-state index is -1.06. The molecule has 43 heavy (non-hydrogen) atoms. The number of nitrogens with zero attached hydrogens (tertiary/aromatic N) is 1. The molecule has 3 aromatic carbocycles. The maximum Gasteiger partial charge on any atom is 0.323 e. The van der Waals surface area contributed by atoms with E-state index in [1.54, 1.807) is 13.0 Å². The number of esters is 1. The molecule has 1 aromatic heterocycles. The lowest BCUT2D eigenvalue weighted by Gasteiger charge is -2.20. The van der Waals surface area contributed by atoms with Crippen LogP contribution in [0.2, 0.25) is 5.02 Å². The first-order chi connectivity index (χ1) is 20.6. The minimum absolute atomic E-state index is 0.0102. The molecule has 2 N–H and O–H groups in total. The van der Waals surface area contributed by atoms with Crippen LogP contribution in [-0.4, -0.2) is 47.0 Å². The summed E-state index contributed by atoms with van der Waals surface area (Å²) in [6.07, 6.45) is 2.64. The fourth-order valence-electron chi connectivity index (χ4n) is 5.19. The number of benzene rings is 3. The van der Waals surface area contributed by atoms with Crippen LogP contribution >= 0.6 is 11.6 Å². The zero-order chi connectivity index (χ0) is 30.7. The second kappa shape index (κ2) is 13.2. The fourth-order valence-corrected chi connectivity index (χ4v) is 5.46. The smallest absolute Gasteiger partial charge is 0.323 e. The number of carbonyl (C=O) groups excluding carboxylic acids is 1. The molecule has 5 rings (SSSR count). The molecule has 226 valence electrons. The van der Waals surface area contributed by atoms with Gasteiger partial charge in [0.15, 0.2) is 0 Å². The van der Waals surface area contributed by atoms with Crippen molar-refractivity contribution >= 4 is 28.5 Å². The molecule has 1 heterocycles. The van der Waals surface area contributed by atoms with E-state index in [2.05, 4.69) is 5.32 Å². The number of pyridine rings is 1. The Morgan fingerprint density at radius 1 is 1.05 bits per heavy atom. The van der Waals surface area contributed by atoms with Crippen molar-refractivity contribution in [3.63, 3.8) is 0 Å². The highest BCUT2D eigenvalue weighted by atomic mass is 35.5. The third kappa shape index (κ3) is 6.87. The first-order valence-electron chi connectivity index (χ1n) is 14.0. The Morgan fingerprint density at radius 3 is 2.47 bits per heavy atom. The van der Waals surface area contributed by atoms with Gasteiger partial charge in [-0.3, -0.25) is 14.2 Å². The van der Waals surface area contributed by atoms with Crippen LogP contribution in [0.4, 0.5) is 13.2 Å². The number of hydrogen-bond donors (Lipinski definition) is 2.